The molecule has 0 fully saturated rings. The molecule has 2 nitrogen and oxygen atoms in total. The SMILES string of the molecule is CCN[SiH](C=CC(C)(C)C)NCC. The van der Waals surface area contributed by atoms with Gasteiger partial charge in [-0.3, -0.25) is 0 Å². The average molecular weight is 200 g/mol. The van der Waals surface area contributed by atoms with Gasteiger partial charge in [0.1, 0.15) is 0 Å². The van der Waals surface area contributed by atoms with Gasteiger partial charge in [-0.05, 0) is 18.5 Å². The highest BCUT2D eigenvalue weighted by molar-refractivity contribution is 6.59. The normalized spacial score (nSPS) is 13.1. The first kappa shape index (κ1) is 12.9. The van der Waals surface area contributed by atoms with Gasteiger partial charge in [0.15, 0.2) is 0 Å². The van der Waals surface area contributed by atoms with E-state index in [0.29, 0.717) is 5.41 Å². The van der Waals surface area contributed by atoms with Crippen molar-refractivity contribution in [1.29, 1.82) is 0 Å². The lowest BCUT2D eigenvalue weighted by atomic mass is 9.98. The van der Waals surface area contributed by atoms with E-state index < -0.39 is 9.12 Å². The molecule has 0 saturated carbocycles. The van der Waals surface area contributed by atoms with Crippen molar-refractivity contribution < 1.29 is 0 Å². The van der Waals surface area contributed by atoms with Gasteiger partial charge in [-0.1, -0.05) is 46.4 Å². The maximum Gasteiger partial charge on any atom is 0.209 e. The molecule has 0 spiro atoms. The third-order valence-electron chi connectivity index (χ3n) is 1.64. The molecule has 3 heteroatoms. The summed E-state index contributed by atoms with van der Waals surface area (Å²) in [7, 11) is -1.01. The van der Waals surface area contributed by atoms with Crippen LogP contribution in [0.2, 0.25) is 0 Å². The second kappa shape index (κ2) is 6.35. The highest BCUT2D eigenvalue weighted by Gasteiger charge is 2.07. The van der Waals surface area contributed by atoms with E-state index >= 15 is 0 Å². The molecule has 78 valence electrons. The van der Waals surface area contributed by atoms with Crippen LogP contribution in [0.1, 0.15) is 34.6 Å². The van der Waals surface area contributed by atoms with E-state index in [4.69, 9.17) is 0 Å². The first-order valence-electron chi connectivity index (χ1n) is 5.15. The Morgan fingerprint density at radius 3 is 1.85 bits per heavy atom. The summed E-state index contributed by atoms with van der Waals surface area (Å²) in [5.41, 5.74) is 2.64. The van der Waals surface area contributed by atoms with Crippen molar-refractivity contribution >= 4 is 9.12 Å². The minimum absolute atomic E-state index is 0.302. The fourth-order valence-electron chi connectivity index (χ4n) is 1.03. The van der Waals surface area contributed by atoms with E-state index in [-0.39, 0.29) is 0 Å². The van der Waals surface area contributed by atoms with Crippen molar-refractivity contribution in [3.8, 4) is 0 Å². The molecule has 0 saturated heterocycles. The molecule has 0 heterocycles. The van der Waals surface area contributed by atoms with Gasteiger partial charge in [0.2, 0.25) is 9.12 Å². The summed E-state index contributed by atoms with van der Waals surface area (Å²) in [6, 6.07) is 0. The predicted molar refractivity (Wildman–Crippen MR) is 63.1 cm³/mol. The molecule has 0 amide bonds. The van der Waals surface area contributed by atoms with Crippen LogP contribution >= 0.6 is 0 Å². The van der Waals surface area contributed by atoms with Gasteiger partial charge in [0.05, 0.1) is 0 Å². The summed E-state index contributed by atoms with van der Waals surface area (Å²) < 4.78 is 0. The van der Waals surface area contributed by atoms with Crippen LogP contribution in [0.25, 0.3) is 0 Å². The van der Waals surface area contributed by atoms with Gasteiger partial charge in [0, 0.05) is 0 Å². The molecule has 2 N–H and O–H groups in total. The summed E-state index contributed by atoms with van der Waals surface area (Å²) >= 11 is 0. The molecule has 0 aromatic rings. The molecule has 0 aliphatic carbocycles. The van der Waals surface area contributed by atoms with Crippen LogP contribution in [0, 0.1) is 5.41 Å². The van der Waals surface area contributed by atoms with Crippen LogP contribution in [0.4, 0.5) is 0 Å². The quantitative estimate of drug-likeness (QED) is 0.658. The minimum atomic E-state index is -1.01. The lowest BCUT2D eigenvalue weighted by molar-refractivity contribution is 0.544. The van der Waals surface area contributed by atoms with E-state index in [0.717, 1.165) is 13.1 Å². The summed E-state index contributed by atoms with van der Waals surface area (Å²) in [6.07, 6.45) is 2.30. The van der Waals surface area contributed by atoms with E-state index in [9.17, 15) is 0 Å². The second-order valence-corrected chi connectivity index (χ2v) is 6.47. The van der Waals surface area contributed by atoms with E-state index in [1.54, 1.807) is 0 Å². The van der Waals surface area contributed by atoms with Crippen molar-refractivity contribution in [3.63, 3.8) is 0 Å². The van der Waals surface area contributed by atoms with E-state index in [1.807, 2.05) is 0 Å². The summed E-state index contributed by atoms with van der Waals surface area (Å²) in [5, 5.41) is 0. The summed E-state index contributed by atoms with van der Waals surface area (Å²) in [6.45, 7) is 13.1. The van der Waals surface area contributed by atoms with Gasteiger partial charge < -0.3 is 9.96 Å². The van der Waals surface area contributed by atoms with Gasteiger partial charge in [-0.15, -0.1) is 0 Å². The average Bonchev–Trinajstić information content (AvgIpc) is 2.00. The summed E-state index contributed by atoms with van der Waals surface area (Å²) in [4.78, 5) is 6.99. The van der Waals surface area contributed by atoms with E-state index in [2.05, 4.69) is 56.4 Å². The number of nitrogens with one attached hydrogen (secondary N) is 2. The predicted octanol–water partition coefficient (Wildman–Crippen LogP) is 1.57. The number of allylic oxidation sites excluding steroid dienone is 1. The molecule has 0 aromatic carbocycles. The van der Waals surface area contributed by atoms with Crippen molar-refractivity contribution in [1.82, 2.24) is 9.96 Å². The zero-order valence-electron chi connectivity index (χ0n) is 9.65. The Morgan fingerprint density at radius 2 is 1.54 bits per heavy atom. The topological polar surface area (TPSA) is 24.1 Å². The van der Waals surface area contributed by atoms with Crippen molar-refractivity contribution in [2.45, 2.75) is 34.6 Å². The highest BCUT2D eigenvalue weighted by atomic mass is 28.3. The fourth-order valence-corrected chi connectivity index (χ4v) is 3.10. The lowest BCUT2D eigenvalue weighted by Crippen LogP contribution is -2.46. The molecule has 0 unspecified atom stereocenters. The van der Waals surface area contributed by atoms with Crippen LogP contribution in [-0.2, 0) is 0 Å². The minimum Gasteiger partial charge on any atom is -0.325 e. The molecular formula is C10H24N2Si. The maximum atomic E-state index is 3.50. The molecule has 0 rings (SSSR count). The van der Waals surface area contributed by atoms with Crippen molar-refractivity contribution in [2.75, 3.05) is 13.1 Å². The molecule has 0 atom stereocenters. The largest absolute Gasteiger partial charge is 0.325 e. The Morgan fingerprint density at radius 1 is 1.08 bits per heavy atom. The first-order valence-corrected chi connectivity index (χ1v) is 6.98. The Kier molecular flexibility index (Phi) is 6.29. The van der Waals surface area contributed by atoms with Crippen LogP contribution < -0.4 is 9.96 Å². The van der Waals surface area contributed by atoms with Crippen LogP contribution in [-0.4, -0.2) is 22.2 Å². The zero-order valence-corrected chi connectivity index (χ0v) is 10.8. The smallest absolute Gasteiger partial charge is 0.209 e. The van der Waals surface area contributed by atoms with Gasteiger partial charge in [-0.25, -0.2) is 0 Å². The Hall–Kier alpha value is -0.123. The molecule has 0 aliphatic rings. The van der Waals surface area contributed by atoms with Crippen LogP contribution in [0.3, 0.4) is 0 Å². The Labute approximate surface area is 84.6 Å². The molecule has 0 aromatic heterocycles. The number of hydrogen-bond donors (Lipinski definition) is 2. The molecule has 13 heavy (non-hydrogen) atoms. The maximum absolute atomic E-state index is 3.50. The first-order chi connectivity index (χ1) is 5.99. The summed E-state index contributed by atoms with van der Waals surface area (Å²) in [5.74, 6) is 0. The van der Waals surface area contributed by atoms with Gasteiger partial charge in [-0.2, -0.15) is 0 Å². The van der Waals surface area contributed by atoms with Gasteiger partial charge in [0.25, 0.3) is 0 Å². The zero-order chi connectivity index (χ0) is 10.3. The monoisotopic (exact) mass is 200 g/mol. The Balaban J connectivity index is 4.00. The molecular weight excluding hydrogens is 176 g/mol. The van der Waals surface area contributed by atoms with Gasteiger partial charge >= 0.3 is 0 Å². The molecule has 0 bridgehead atoms. The van der Waals surface area contributed by atoms with E-state index in [1.165, 1.54) is 0 Å². The number of hydrogen-bond acceptors (Lipinski definition) is 2. The number of rotatable bonds is 5. The van der Waals surface area contributed by atoms with Crippen LogP contribution in [0.5, 0.6) is 0 Å². The Bertz CT molecular complexity index is 143. The second-order valence-electron chi connectivity index (χ2n) is 4.32. The molecule has 0 aliphatic heterocycles. The standard InChI is InChI=1S/C10H24N2Si/c1-6-11-13(12-7-2)9-8-10(3,4)5/h8-9,11-13H,6-7H2,1-5H3. The molecule has 0 radical (unpaired) electrons. The third kappa shape index (κ3) is 8.21. The fraction of sp³-hybridized carbons (Fsp3) is 0.800. The van der Waals surface area contributed by atoms with Crippen LogP contribution in [0.15, 0.2) is 11.8 Å². The van der Waals surface area contributed by atoms with Crippen molar-refractivity contribution in [2.24, 2.45) is 5.41 Å². The van der Waals surface area contributed by atoms with Crippen molar-refractivity contribution in [3.05, 3.63) is 11.8 Å². The lowest BCUT2D eigenvalue weighted by Gasteiger charge is -2.16. The third-order valence-corrected chi connectivity index (χ3v) is 3.91. The highest BCUT2D eigenvalue weighted by Crippen LogP contribution is 2.13.